The number of H-pyrrole nitrogens is 1. The Kier molecular flexibility index (Phi) is 3.64. The normalized spacial score (nSPS) is 10.6. The molecule has 0 radical (unpaired) electrons. The summed E-state index contributed by atoms with van der Waals surface area (Å²) in [5, 5.41) is 3.51. The number of hydrogen-bond donors (Lipinski definition) is 2. The third-order valence-electron chi connectivity index (χ3n) is 3.04. The number of para-hydroxylation sites is 1. The molecule has 110 valence electrons. The first kappa shape index (κ1) is 14.3. The Bertz CT molecular complexity index is 914. The number of nitrogens with zero attached hydrogens (tertiary/aromatic N) is 3. The van der Waals surface area contributed by atoms with E-state index in [4.69, 9.17) is 12.2 Å². The van der Waals surface area contributed by atoms with Crippen molar-refractivity contribution >= 4 is 33.9 Å². The predicted octanol–water partition coefficient (Wildman–Crippen LogP) is 2.12. The molecule has 0 saturated heterocycles. The second kappa shape index (κ2) is 5.61. The van der Waals surface area contributed by atoms with Crippen LogP contribution in [0.3, 0.4) is 0 Å². The summed E-state index contributed by atoms with van der Waals surface area (Å²) < 4.78 is 0. The average Bonchev–Trinajstić information content (AvgIpc) is 2.46. The van der Waals surface area contributed by atoms with Crippen molar-refractivity contribution in [3.05, 3.63) is 58.0 Å². The number of benzene rings is 1. The molecule has 7 heteroatoms. The zero-order chi connectivity index (χ0) is 15.7. The molecule has 0 spiro atoms. The van der Waals surface area contributed by atoms with Crippen molar-refractivity contribution in [3.8, 4) is 0 Å². The van der Waals surface area contributed by atoms with Crippen molar-refractivity contribution in [2.75, 3.05) is 5.32 Å². The fourth-order valence-electron chi connectivity index (χ4n) is 2.15. The monoisotopic (exact) mass is 311 g/mol. The molecule has 1 aromatic carbocycles. The number of anilines is 1. The highest BCUT2D eigenvalue weighted by molar-refractivity contribution is 7.81. The quantitative estimate of drug-likeness (QED) is 0.705. The minimum absolute atomic E-state index is 0.222. The Balaban J connectivity index is 1.97. The van der Waals surface area contributed by atoms with Crippen LogP contribution in [-0.4, -0.2) is 24.9 Å². The third kappa shape index (κ3) is 2.84. The van der Waals surface area contributed by atoms with Gasteiger partial charge in [0.05, 0.1) is 10.9 Å². The number of aromatic amines is 1. The Hall–Kier alpha value is -2.67. The first-order valence-electron chi connectivity index (χ1n) is 6.65. The van der Waals surface area contributed by atoms with Crippen LogP contribution in [0.2, 0.25) is 0 Å². The van der Waals surface area contributed by atoms with Gasteiger partial charge in [-0.3, -0.25) is 4.79 Å². The standard InChI is InChI=1S/C15H13N5OS/c1-8-7-12(17-9(2)16-8)19-15(22)13-18-11-6-4-3-5-10(11)14(21)20-13/h3-7H,1-2H3,(H,18,20,21)(H,16,17,19,22). The van der Waals surface area contributed by atoms with Gasteiger partial charge in [0.2, 0.25) is 0 Å². The third-order valence-corrected chi connectivity index (χ3v) is 3.33. The van der Waals surface area contributed by atoms with Crippen LogP contribution < -0.4 is 10.9 Å². The van der Waals surface area contributed by atoms with E-state index in [0.717, 1.165) is 5.69 Å². The van der Waals surface area contributed by atoms with Crippen LogP contribution >= 0.6 is 12.2 Å². The zero-order valence-electron chi connectivity index (χ0n) is 12.0. The van der Waals surface area contributed by atoms with Crippen LogP contribution in [0.1, 0.15) is 17.3 Å². The zero-order valence-corrected chi connectivity index (χ0v) is 12.9. The van der Waals surface area contributed by atoms with E-state index in [-0.39, 0.29) is 5.56 Å². The van der Waals surface area contributed by atoms with Gasteiger partial charge in [0.1, 0.15) is 16.6 Å². The molecule has 2 N–H and O–H groups in total. The Morgan fingerprint density at radius 1 is 1.18 bits per heavy atom. The fraction of sp³-hybridized carbons (Fsp3) is 0.133. The summed E-state index contributed by atoms with van der Waals surface area (Å²) in [6.45, 7) is 3.68. The fourth-order valence-corrected chi connectivity index (χ4v) is 2.35. The van der Waals surface area contributed by atoms with Crippen molar-refractivity contribution in [1.29, 1.82) is 0 Å². The van der Waals surface area contributed by atoms with E-state index in [1.54, 1.807) is 31.2 Å². The molecule has 2 heterocycles. The number of rotatable bonds is 2. The lowest BCUT2D eigenvalue weighted by Crippen LogP contribution is -2.21. The molecule has 2 aromatic heterocycles. The predicted molar refractivity (Wildman–Crippen MR) is 89.2 cm³/mol. The van der Waals surface area contributed by atoms with Gasteiger partial charge in [-0.25, -0.2) is 15.0 Å². The molecule has 6 nitrogen and oxygen atoms in total. The molecule has 0 bridgehead atoms. The van der Waals surface area contributed by atoms with Gasteiger partial charge in [0.25, 0.3) is 5.56 Å². The highest BCUT2D eigenvalue weighted by atomic mass is 32.1. The van der Waals surface area contributed by atoms with Crippen LogP contribution in [0.25, 0.3) is 10.9 Å². The number of aryl methyl sites for hydroxylation is 2. The van der Waals surface area contributed by atoms with E-state index >= 15 is 0 Å². The summed E-state index contributed by atoms with van der Waals surface area (Å²) in [7, 11) is 0. The maximum atomic E-state index is 12.1. The molecule has 0 unspecified atom stereocenters. The van der Waals surface area contributed by atoms with E-state index in [9.17, 15) is 4.79 Å². The lowest BCUT2D eigenvalue weighted by molar-refractivity contribution is 1.02. The van der Waals surface area contributed by atoms with E-state index in [1.165, 1.54) is 0 Å². The molecule has 3 aromatic rings. The molecule has 0 saturated carbocycles. The maximum Gasteiger partial charge on any atom is 0.259 e. The molecule has 0 aliphatic rings. The summed E-state index contributed by atoms with van der Waals surface area (Å²) in [5.74, 6) is 1.53. The molecular formula is C15H13N5OS. The number of thiocarbonyl (C=S) groups is 1. The Morgan fingerprint density at radius 3 is 2.73 bits per heavy atom. The van der Waals surface area contributed by atoms with Gasteiger partial charge in [-0.05, 0) is 26.0 Å². The molecule has 0 aliphatic heterocycles. The molecule has 22 heavy (non-hydrogen) atoms. The Labute approximate surface area is 131 Å². The van der Waals surface area contributed by atoms with Gasteiger partial charge >= 0.3 is 0 Å². The van der Waals surface area contributed by atoms with E-state index < -0.39 is 0 Å². The van der Waals surface area contributed by atoms with Crippen molar-refractivity contribution < 1.29 is 0 Å². The second-order valence-electron chi connectivity index (χ2n) is 4.83. The molecule has 0 atom stereocenters. The van der Waals surface area contributed by atoms with Crippen molar-refractivity contribution in [3.63, 3.8) is 0 Å². The van der Waals surface area contributed by atoms with Gasteiger partial charge in [0.15, 0.2) is 5.82 Å². The number of nitrogens with one attached hydrogen (secondary N) is 2. The molecule has 0 aliphatic carbocycles. The second-order valence-corrected chi connectivity index (χ2v) is 5.24. The largest absolute Gasteiger partial charge is 0.328 e. The summed E-state index contributed by atoms with van der Waals surface area (Å²) in [6, 6.07) is 8.89. The van der Waals surface area contributed by atoms with Crippen LogP contribution in [0.5, 0.6) is 0 Å². The van der Waals surface area contributed by atoms with Gasteiger partial charge in [0, 0.05) is 11.8 Å². The van der Waals surface area contributed by atoms with E-state index in [0.29, 0.717) is 33.4 Å². The van der Waals surface area contributed by atoms with Crippen molar-refractivity contribution in [2.45, 2.75) is 13.8 Å². The van der Waals surface area contributed by atoms with Crippen molar-refractivity contribution in [1.82, 2.24) is 19.9 Å². The number of aromatic nitrogens is 4. The van der Waals surface area contributed by atoms with Gasteiger partial charge in [-0.2, -0.15) is 0 Å². The van der Waals surface area contributed by atoms with Gasteiger partial charge < -0.3 is 10.3 Å². The molecule has 0 fully saturated rings. The summed E-state index contributed by atoms with van der Waals surface area (Å²) in [5.41, 5.74) is 1.21. The van der Waals surface area contributed by atoms with Gasteiger partial charge in [-0.15, -0.1) is 0 Å². The average molecular weight is 311 g/mol. The topological polar surface area (TPSA) is 83.6 Å². The minimum atomic E-state index is -0.222. The Morgan fingerprint density at radius 2 is 1.95 bits per heavy atom. The first-order valence-corrected chi connectivity index (χ1v) is 7.06. The van der Waals surface area contributed by atoms with Crippen molar-refractivity contribution in [2.24, 2.45) is 0 Å². The number of hydrogen-bond acceptors (Lipinski definition) is 5. The summed E-state index contributed by atoms with van der Waals surface area (Å²) in [6.07, 6.45) is 0. The molecular weight excluding hydrogens is 298 g/mol. The first-order chi connectivity index (χ1) is 10.5. The van der Waals surface area contributed by atoms with Gasteiger partial charge in [-0.1, -0.05) is 24.4 Å². The van der Waals surface area contributed by atoms with E-state index in [2.05, 4.69) is 25.3 Å². The minimum Gasteiger partial charge on any atom is -0.328 e. The van der Waals surface area contributed by atoms with Crippen LogP contribution in [0.15, 0.2) is 35.1 Å². The van der Waals surface area contributed by atoms with Crippen LogP contribution in [0, 0.1) is 13.8 Å². The van der Waals surface area contributed by atoms with E-state index in [1.807, 2.05) is 13.0 Å². The summed E-state index contributed by atoms with van der Waals surface area (Å²) >= 11 is 5.31. The lowest BCUT2D eigenvalue weighted by atomic mass is 10.2. The van der Waals surface area contributed by atoms with Crippen LogP contribution in [-0.2, 0) is 0 Å². The number of fused-ring (bicyclic) bond motifs is 1. The lowest BCUT2D eigenvalue weighted by Gasteiger charge is -2.08. The highest BCUT2D eigenvalue weighted by Gasteiger charge is 2.09. The summed E-state index contributed by atoms with van der Waals surface area (Å²) in [4.78, 5) is 27.9. The molecule has 0 amide bonds. The van der Waals surface area contributed by atoms with Crippen LogP contribution in [0.4, 0.5) is 5.82 Å². The smallest absolute Gasteiger partial charge is 0.259 e. The highest BCUT2D eigenvalue weighted by Crippen LogP contribution is 2.09. The SMILES string of the molecule is Cc1cc(NC(=S)c2nc3ccccc3c(=O)[nH]2)nc(C)n1. The maximum absolute atomic E-state index is 12.1. The molecule has 3 rings (SSSR count).